The van der Waals surface area contributed by atoms with Crippen LogP contribution in [0.4, 0.5) is 0 Å². The average molecular weight is 453 g/mol. The van der Waals surface area contributed by atoms with E-state index in [1.165, 1.54) is 35.6 Å². The van der Waals surface area contributed by atoms with Gasteiger partial charge in [0.15, 0.2) is 0 Å². The minimum absolute atomic E-state index is 0.283. The summed E-state index contributed by atoms with van der Waals surface area (Å²) in [5.74, 6) is 0. The number of nitrogens with zero attached hydrogens (tertiary/aromatic N) is 2. The number of thiophene rings is 2. The van der Waals surface area contributed by atoms with Crippen molar-refractivity contribution in [3.05, 3.63) is 84.1 Å². The van der Waals surface area contributed by atoms with E-state index in [9.17, 15) is 0 Å². The SMILES string of the molecule is Clc1nc(-c2ccc3sc4ccccc4c3c2)c2sc3ccc4ccccc4c3c2n1. The molecule has 0 unspecified atom stereocenters. The lowest BCUT2D eigenvalue weighted by atomic mass is 10.0. The second kappa shape index (κ2) is 6.47. The molecule has 3 aromatic heterocycles. The summed E-state index contributed by atoms with van der Waals surface area (Å²) in [5, 5.41) is 6.38. The van der Waals surface area contributed by atoms with Crippen LogP contribution < -0.4 is 0 Å². The molecule has 0 aliphatic heterocycles. The number of benzene rings is 4. The largest absolute Gasteiger partial charge is 0.223 e. The summed E-state index contributed by atoms with van der Waals surface area (Å²) in [7, 11) is 0. The molecule has 0 saturated heterocycles. The Hall–Kier alpha value is -3.05. The maximum absolute atomic E-state index is 6.46. The average Bonchev–Trinajstić information content (AvgIpc) is 3.36. The van der Waals surface area contributed by atoms with E-state index in [0.29, 0.717) is 0 Å². The van der Waals surface area contributed by atoms with Crippen molar-refractivity contribution in [2.24, 2.45) is 0 Å². The number of halogens is 1. The van der Waals surface area contributed by atoms with Gasteiger partial charge in [0.05, 0.1) is 15.9 Å². The fourth-order valence-electron chi connectivity index (χ4n) is 4.45. The second-order valence-corrected chi connectivity index (χ2v) is 10.1. The van der Waals surface area contributed by atoms with Gasteiger partial charge in [-0.15, -0.1) is 22.7 Å². The van der Waals surface area contributed by atoms with Gasteiger partial charge < -0.3 is 0 Å². The van der Waals surface area contributed by atoms with Crippen LogP contribution in [-0.2, 0) is 0 Å². The third kappa shape index (κ3) is 2.56. The molecule has 4 aromatic carbocycles. The Bertz CT molecular complexity index is 1810. The van der Waals surface area contributed by atoms with E-state index in [4.69, 9.17) is 11.6 Å². The van der Waals surface area contributed by atoms with Crippen LogP contribution in [-0.4, -0.2) is 9.97 Å². The molecule has 0 atom stereocenters. The smallest absolute Gasteiger partial charge is 0.216 e. The molecule has 0 bridgehead atoms. The Labute approximate surface area is 190 Å². The zero-order chi connectivity index (χ0) is 20.5. The van der Waals surface area contributed by atoms with E-state index in [2.05, 4.69) is 88.8 Å². The molecule has 3 heterocycles. The summed E-state index contributed by atoms with van der Waals surface area (Å²) in [6.45, 7) is 0. The summed E-state index contributed by atoms with van der Waals surface area (Å²) < 4.78 is 4.86. The Morgan fingerprint density at radius 3 is 2.35 bits per heavy atom. The number of rotatable bonds is 1. The molecular formula is C26H13ClN2S2. The van der Waals surface area contributed by atoms with Crippen LogP contribution in [0.15, 0.2) is 78.9 Å². The minimum Gasteiger partial charge on any atom is -0.216 e. The lowest BCUT2D eigenvalue weighted by molar-refractivity contribution is 1.24. The first-order chi connectivity index (χ1) is 15.3. The van der Waals surface area contributed by atoms with Crippen LogP contribution in [0.5, 0.6) is 0 Å². The van der Waals surface area contributed by atoms with Gasteiger partial charge in [0.25, 0.3) is 0 Å². The Balaban J connectivity index is 1.59. The zero-order valence-electron chi connectivity index (χ0n) is 16.1. The predicted octanol–water partition coefficient (Wildman–Crippen LogP) is 8.69. The van der Waals surface area contributed by atoms with Gasteiger partial charge in [0.2, 0.25) is 5.28 Å². The molecule has 0 N–H and O–H groups in total. The van der Waals surface area contributed by atoms with E-state index in [0.717, 1.165) is 26.9 Å². The first-order valence-corrected chi connectivity index (χ1v) is 12.0. The van der Waals surface area contributed by atoms with Crippen molar-refractivity contribution in [2.75, 3.05) is 0 Å². The fourth-order valence-corrected chi connectivity index (χ4v) is 6.87. The van der Waals surface area contributed by atoms with Gasteiger partial charge in [-0.2, -0.15) is 0 Å². The topological polar surface area (TPSA) is 25.8 Å². The molecule has 5 heteroatoms. The molecule has 7 aromatic rings. The maximum atomic E-state index is 6.46. The second-order valence-electron chi connectivity index (χ2n) is 7.59. The van der Waals surface area contributed by atoms with Crippen molar-refractivity contribution in [1.29, 1.82) is 0 Å². The third-order valence-electron chi connectivity index (χ3n) is 5.83. The van der Waals surface area contributed by atoms with Gasteiger partial charge in [-0.1, -0.05) is 54.6 Å². The lowest BCUT2D eigenvalue weighted by Crippen LogP contribution is -1.89. The summed E-state index contributed by atoms with van der Waals surface area (Å²) in [5.41, 5.74) is 2.90. The molecule has 0 fully saturated rings. The molecule has 0 amide bonds. The van der Waals surface area contributed by atoms with Crippen LogP contribution in [0.2, 0.25) is 5.28 Å². The van der Waals surface area contributed by atoms with Crippen LogP contribution >= 0.6 is 34.3 Å². The number of hydrogen-bond acceptors (Lipinski definition) is 4. The fraction of sp³-hybridized carbons (Fsp3) is 0. The number of hydrogen-bond donors (Lipinski definition) is 0. The summed E-state index contributed by atoms with van der Waals surface area (Å²) >= 11 is 10.0. The molecule has 2 nitrogen and oxygen atoms in total. The highest BCUT2D eigenvalue weighted by Crippen LogP contribution is 2.43. The summed E-state index contributed by atoms with van der Waals surface area (Å²) in [6.07, 6.45) is 0. The highest BCUT2D eigenvalue weighted by atomic mass is 35.5. The highest BCUT2D eigenvalue weighted by molar-refractivity contribution is 7.26. The predicted molar refractivity (Wildman–Crippen MR) is 136 cm³/mol. The molecule has 0 aliphatic rings. The molecule has 0 aliphatic carbocycles. The van der Waals surface area contributed by atoms with Crippen LogP contribution in [0.1, 0.15) is 0 Å². The normalized spacial score (nSPS) is 12.0. The lowest BCUT2D eigenvalue weighted by Gasteiger charge is -2.05. The van der Waals surface area contributed by atoms with Gasteiger partial charge in [-0.25, -0.2) is 9.97 Å². The molecule has 7 rings (SSSR count). The van der Waals surface area contributed by atoms with Gasteiger partial charge in [0.1, 0.15) is 0 Å². The summed E-state index contributed by atoms with van der Waals surface area (Å²) in [4.78, 5) is 9.36. The van der Waals surface area contributed by atoms with Crippen molar-refractivity contribution in [3.8, 4) is 11.3 Å². The van der Waals surface area contributed by atoms with Crippen molar-refractivity contribution in [1.82, 2.24) is 9.97 Å². The molecule has 0 spiro atoms. The first kappa shape index (κ1) is 17.6. The highest BCUT2D eigenvalue weighted by Gasteiger charge is 2.17. The maximum Gasteiger partial charge on any atom is 0.223 e. The van der Waals surface area contributed by atoms with Gasteiger partial charge in [-0.3, -0.25) is 0 Å². The van der Waals surface area contributed by atoms with Gasteiger partial charge >= 0.3 is 0 Å². The van der Waals surface area contributed by atoms with Gasteiger partial charge in [0, 0.05) is 35.8 Å². The third-order valence-corrected chi connectivity index (χ3v) is 8.30. The van der Waals surface area contributed by atoms with Crippen molar-refractivity contribution in [3.63, 3.8) is 0 Å². The Kier molecular flexibility index (Phi) is 3.68. The van der Waals surface area contributed by atoms with E-state index < -0.39 is 0 Å². The van der Waals surface area contributed by atoms with Crippen LogP contribution in [0.25, 0.3) is 62.5 Å². The van der Waals surface area contributed by atoms with E-state index in [1.807, 2.05) is 11.3 Å². The molecule has 146 valence electrons. The molecule has 0 radical (unpaired) electrons. The van der Waals surface area contributed by atoms with Crippen LogP contribution in [0, 0.1) is 0 Å². The summed E-state index contributed by atoms with van der Waals surface area (Å²) in [6, 6.07) is 27.9. The quantitative estimate of drug-likeness (QED) is 0.233. The Morgan fingerprint density at radius 1 is 0.645 bits per heavy atom. The van der Waals surface area contributed by atoms with Gasteiger partial charge in [-0.05, 0) is 46.6 Å². The van der Waals surface area contributed by atoms with Crippen molar-refractivity contribution >= 4 is 85.5 Å². The Morgan fingerprint density at radius 2 is 1.42 bits per heavy atom. The standard InChI is InChI=1S/C26H13ClN2S2/c27-26-28-23(15-10-11-20-18(13-15)17-7-3-4-8-19(17)30-20)25-24(29-26)22-16-6-2-1-5-14(16)9-12-21(22)31-25/h1-13H. The molecule has 31 heavy (non-hydrogen) atoms. The van der Waals surface area contributed by atoms with E-state index >= 15 is 0 Å². The first-order valence-electron chi connectivity index (χ1n) is 9.95. The number of fused-ring (bicyclic) bond motifs is 8. The van der Waals surface area contributed by atoms with E-state index in [-0.39, 0.29) is 5.28 Å². The zero-order valence-corrected chi connectivity index (χ0v) is 18.5. The number of aromatic nitrogens is 2. The van der Waals surface area contributed by atoms with Crippen molar-refractivity contribution in [2.45, 2.75) is 0 Å². The monoisotopic (exact) mass is 452 g/mol. The van der Waals surface area contributed by atoms with E-state index in [1.54, 1.807) is 11.3 Å². The minimum atomic E-state index is 0.283. The molecule has 0 saturated carbocycles. The van der Waals surface area contributed by atoms with Crippen molar-refractivity contribution < 1.29 is 0 Å². The van der Waals surface area contributed by atoms with Crippen LogP contribution in [0.3, 0.4) is 0 Å². The molecular weight excluding hydrogens is 440 g/mol.